The first-order valence-electron chi connectivity index (χ1n) is 7.32. The average Bonchev–Trinajstić information content (AvgIpc) is 2.90. The molecule has 1 atom stereocenters. The lowest BCUT2D eigenvalue weighted by Crippen LogP contribution is -2.46. The maximum Gasteiger partial charge on any atom is 0.127 e. The molecule has 4 nitrogen and oxygen atoms in total. The van der Waals surface area contributed by atoms with Crippen LogP contribution in [0.4, 0.5) is 4.39 Å². The molecular weight excluding hydrogens is 267 g/mol. The van der Waals surface area contributed by atoms with Crippen molar-refractivity contribution in [3.63, 3.8) is 0 Å². The van der Waals surface area contributed by atoms with Crippen LogP contribution in [0.2, 0.25) is 0 Å². The highest BCUT2D eigenvalue weighted by Crippen LogP contribution is 2.23. The first-order chi connectivity index (χ1) is 10.1. The maximum absolute atomic E-state index is 13.7. The summed E-state index contributed by atoms with van der Waals surface area (Å²) >= 11 is 0. The minimum absolute atomic E-state index is 0.129. The van der Waals surface area contributed by atoms with E-state index in [9.17, 15) is 4.39 Å². The second-order valence-corrected chi connectivity index (χ2v) is 5.67. The van der Waals surface area contributed by atoms with Crippen LogP contribution in [0.3, 0.4) is 0 Å². The number of piperazine rings is 1. The Labute approximate surface area is 124 Å². The molecule has 3 rings (SSSR count). The van der Waals surface area contributed by atoms with Crippen molar-refractivity contribution in [2.45, 2.75) is 19.5 Å². The molecule has 1 aromatic carbocycles. The summed E-state index contributed by atoms with van der Waals surface area (Å²) in [7, 11) is 2.01. The van der Waals surface area contributed by atoms with E-state index in [-0.39, 0.29) is 11.9 Å². The Bertz CT molecular complexity index is 622. The number of nitrogens with one attached hydrogen (secondary N) is 1. The maximum atomic E-state index is 13.7. The van der Waals surface area contributed by atoms with Gasteiger partial charge >= 0.3 is 0 Å². The van der Waals surface area contributed by atoms with Gasteiger partial charge in [-0.1, -0.05) is 12.1 Å². The Morgan fingerprint density at radius 2 is 2.29 bits per heavy atom. The van der Waals surface area contributed by atoms with Crippen LogP contribution in [0.25, 0.3) is 0 Å². The smallest absolute Gasteiger partial charge is 0.127 e. The summed E-state index contributed by atoms with van der Waals surface area (Å²) in [4.78, 5) is 6.83. The standard InChI is InChI=1S/C16H21FN4/c1-12-3-4-13(9-14(12)17)11-21-8-5-18-10-15(21)16-19-6-7-20(16)2/h3-4,6-7,9,15,18H,5,8,10-11H2,1-2H3. The highest BCUT2D eigenvalue weighted by Gasteiger charge is 2.26. The van der Waals surface area contributed by atoms with E-state index in [1.807, 2.05) is 31.6 Å². The molecule has 0 bridgehead atoms. The lowest BCUT2D eigenvalue weighted by atomic mass is 10.1. The van der Waals surface area contributed by atoms with Crippen molar-refractivity contribution in [3.05, 3.63) is 53.4 Å². The number of aromatic nitrogens is 2. The van der Waals surface area contributed by atoms with Crippen molar-refractivity contribution in [3.8, 4) is 0 Å². The van der Waals surface area contributed by atoms with E-state index in [4.69, 9.17) is 0 Å². The van der Waals surface area contributed by atoms with Gasteiger partial charge in [0.1, 0.15) is 11.6 Å². The third-order valence-electron chi connectivity index (χ3n) is 4.13. The van der Waals surface area contributed by atoms with Gasteiger partial charge in [-0.15, -0.1) is 0 Å². The minimum Gasteiger partial charge on any atom is -0.337 e. The Morgan fingerprint density at radius 3 is 3.00 bits per heavy atom. The SMILES string of the molecule is Cc1ccc(CN2CCNCC2c2nccn2C)cc1F. The van der Waals surface area contributed by atoms with Gasteiger partial charge in [0.05, 0.1) is 6.04 Å². The van der Waals surface area contributed by atoms with Gasteiger partial charge in [0.2, 0.25) is 0 Å². The van der Waals surface area contributed by atoms with E-state index in [1.54, 1.807) is 13.0 Å². The van der Waals surface area contributed by atoms with Crippen molar-refractivity contribution in [2.75, 3.05) is 19.6 Å². The molecule has 0 spiro atoms. The van der Waals surface area contributed by atoms with Crippen LogP contribution >= 0.6 is 0 Å². The zero-order valence-corrected chi connectivity index (χ0v) is 12.5. The van der Waals surface area contributed by atoms with Crippen LogP contribution in [0.5, 0.6) is 0 Å². The number of hydrogen-bond acceptors (Lipinski definition) is 3. The largest absolute Gasteiger partial charge is 0.337 e. The molecule has 1 saturated heterocycles. The Kier molecular flexibility index (Phi) is 4.03. The van der Waals surface area contributed by atoms with Crippen molar-refractivity contribution in [2.24, 2.45) is 7.05 Å². The Hall–Kier alpha value is -1.72. The number of hydrogen-bond donors (Lipinski definition) is 1. The molecular formula is C16H21FN4. The van der Waals surface area contributed by atoms with Crippen molar-refractivity contribution < 1.29 is 4.39 Å². The van der Waals surface area contributed by atoms with E-state index in [0.29, 0.717) is 5.56 Å². The van der Waals surface area contributed by atoms with Crippen molar-refractivity contribution >= 4 is 0 Å². The highest BCUT2D eigenvalue weighted by atomic mass is 19.1. The summed E-state index contributed by atoms with van der Waals surface area (Å²) in [6, 6.07) is 5.73. The van der Waals surface area contributed by atoms with Crippen LogP contribution < -0.4 is 5.32 Å². The van der Waals surface area contributed by atoms with Gasteiger partial charge in [0, 0.05) is 45.6 Å². The third kappa shape index (κ3) is 2.99. The summed E-state index contributed by atoms with van der Waals surface area (Å²) in [5.74, 6) is 0.922. The Balaban J connectivity index is 1.81. The molecule has 1 aromatic heterocycles. The molecule has 5 heteroatoms. The quantitative estimate of drug-likeness (QED) is 0.938. The van der Waals surface area contributed by atoms with Gasteiger partial charge in [-0.05, 0) is 24.1 Å². The number of rotatable bonds is 3. The molecule has 1 N–H and O–H groups in total. The Morgan fingerprint density at radius 1 is 1.43 bits per heavy atom. The summed E-state index contributed by atoms with van der Waals surface area (Å²) in [5, 5.41) is 3.42. The normalized spacial score (nSPS) is 19.9. The van der Waals surface area contributed by atoms with Crippen molar-refractivity contribution in [1.29, 1.82) is 0 Å². The highest BCUT2D eigenvalue weighted by molar-refractivity contribution is 5.23. The molecule has 1 aliphatic heterocycles. The molecule has 0 radical (unpaired) electrons. The van der Waals surface area contributed by atoms with E-state index >= 15 is 0 Å². The molecule has 1 aliphatic rings. The number of imidazole rings is 1. The van der Waals surface area contributed by atoms with E-state index in [0.717, 1.165) is 37.6 Å². The lowest BCUT2D eigenvalue weighted by molar-refractivity contribution is 0.144. The fourth-order valence-electron chi connectivity index (χ4n) is 2.86. The third-order valence-corrected chi connectivity index (χ3v) is 4.13. The van der Waals surface area contributed by atoms with Gasteiger partial charge in [-0.3, -0.25) is 4.90 Å². The lowest BCUT2D eigenvalue weighted by Gasteiger charge is -2.35. The van der Waals surface area contributed by atoms with Gasteiger partial charge < -0.3 is 9.88 Å². The molecule has 0 saturated carbocycles. The summed E-state index contributed by atoms with van der Waals surface area (Å²) in [6.45, 7) is 5.30. The van der Waals surface area contributed by atoms with Crippen LogP contribution in [-0.2, 0) is 13.6 Å². The van der Waals surface area contributed by atoms with E-state index in [1.165, 1.54) is 0 Å². The summed E-state index contributed by atoms with van der Waals surface area (Å²) in [5.41, 5.74) is 1.71. The van der Waals surface area contributed by atoms with Crippen molar-refractivity contribution in [1.82, 2.24) is 19.8 Å². The topological polar surface area (TPSA) is 33.1 Å². The van der Waals surface area contributed by atoms with Gasteiger partial charge in [-0.2, -0.15) is 0 Å². The van der Waals surface area contributed by atoms with Crippen LogP contribution in [0.1, 0.15) is 23.0 Å². The first kappa shape index (κ1) is 14.2. The summed E-state index contributed by atoms with van der Waals surface area (Å²) < 4.78 is 15.8. The second-order valence-electron chi connectivity index (χ2n) is 5.67. The zero-order valence-electron chi connectivity index (χ0n) is 12.5. The monoisotopic (exact) mass is 288 g/mol. The summed E-state index contributed by atoms with van der Waals surface area (Å²) in [6.07, 6.45) is 3.79. The van der Waals surface area contributed by atoms with Crippen LogP contribution in [0, 0.1) is 12.7 Å². The molecule has 21 heavy (non-hydrogen) atoms. The zero-order chi connectivity index (χ0) is 14.8. The van der Waals surface area contributed by atoms with Gasteiger partial charge in [-0.25, -0.2) is 9.37 Å². The van der Waals surface area contributed by atoms with Gasteiger partial charge in [0.15, 0.2) is 0 Å². The predicted molar refractivity (Wildman–Crippen MR) is 80.4 cm³/mol. The average molecular weight is 288 g/mol. The number of nitrogens with zero attached hydrogens (tertiary/aromatic N) is 3. The van der Waals surface area contributed by atoms with Crippen LogP contribution in [0.15, 0.2) is 30.6 Å². The molecule has 2 heterocycles. The molecule has 0 aliphatic carbocycles. The van der Waals surface area contributed by atoms with Gasteiger partial charge in [0.25, 0.3) is 0 Å². The predicted octanol–water partition coefficient (Wildman–Crippen LogP) is 2.01. The van der Waals surface area contributed by atoms with Crippen LogP contribution in [-0.4, -0.2) is 34.1 Å². The molecule has 2 aromatic rings. The molecule has 1 fully saturated rings. The van der Waals surface area contributed by atoms with E-state index < -0.39 is 0 Å². The molecule has 0 amide bonds. The number of halogens is 1. The number of benzene rings is 1. The van der Waals surface area contributed by atoms with E-state index in [2.05, 4.69) is 19.8 Å². The molecule has 1 unspecified atom stereocenters. The minimum atomic E-state index is -0.129. The second kappa shape index (κ2) is 5.95. The first-order valence-corrected chi connectivity index (χ1v) is 7.32. The number of aryl methyl sites for hydroxylation is 2. The fourth-order valence-corrected chi connectivity index (χ4v) is 2.86. The fraction of sp³-hybridized carbons (Fsp3) is 0.438. The molecule has 112 valence electrons.